The molecule has 0 saturated heterocycles. The third-order valence-corrected chi connectivity index (χ3v) is 5.99. The Morgan fingerprint density at radius 2 is 2.06 bits per heavy atom. The lowest BCUT2D eigenvalue weighted by Gasteiger charge is -2.26. The van der Waals surface area contributed by atoms with Crippen LogP contribution in [0.2, 0.25) is 0 Å². The normalized spacial score (nSPS) is 24.6. The molecule has 1 fully saturated rings. The summed E-state index contributed by atoms with van der Waals surface area (Å²) in [6, 6.07) is -0.917. The molecule has 2 aliphatic rings. The van der Waals surface area contributed by atoms with Gasteiger partial charge in [-0.15, -0.1) is 11.3 Å². The molecule has 3 N–H and O–H groups in total. The Balaban J connectivity index is 1.88. The van der Waals surface area contributed by atoms with E-state index in [1.165, 1.54) is 11.3 Å². The highest BCUT2D eigenvalue weighted by Crippen LogP contribution is 2.36. The van der Waals surface area contributed by atoms with Gasteiger partial charge in [-0.2, -0.15) is 0 Å². The van der Waals surface area contributed by atoms with E-state index in [4.69, 9.17) is 4.74 Å². The smallest absolute Gasteiger partial charge is 0.329 e. The van der Waals surface area contributed by atoms with Crippen LogP contribution in [0.25, 0.3) is 0 Å². The highest BCUT2D eigenvalue weighted by Gasteiger charge is 2.52. The molecule has 167 valence electrons. The molecule has 3 rings (SSSR count). The lowest BCUT2D eigenvalue weighted by molar-refractivity contribution is -0.153. The van der Waals surface area contributed by atoms with Crippen molar-refractivity contribution in [3.8, 4) is 0 Å². The maximum absolute atomic E-state index is 12.9. The van der Waals surface area contributed by atoms with Crippen LogP contribution in [0, 0.1) is 12.8 Å². The fourth-order valence-electron chi connectivity index (χ4n) is 3.14. The van der Waals surface area contributed by atoms with Gasteiger partial charge in [0.25, 0.3) is 5.91 Å². The minimum Gasteiger partial charge on any atom is -0.456 e. The van der Waals surface area contributed by atoms with Crippen LogP contribution in [-0.4, -0.2) is 46.4 Å². The molecule has 1 aromatic rings. The van der Waals surface area contributed by atoms with Gasteiger partial charge in [-0.05, 0) is 38.2 Å². The lowest BCUT2D eigenvalue weighted by atomic mass is 10.0. The average Bonchev–Trinajstić information content (AvgIpc) is 3.33. The molecule has 1 aliphatic heterocycles. The number of esters is 1. The summed E-state index contributed by atoms with van der Waals surface area (Å²) in [4.78, 5) is 55.0. The zero-order chi connectivity index (χ0) is 22.6. The minimum absolute atomic E-state index is 0.0797. The van der Waals surface area contributed by atoms with E-state index >= 15 is 0 Å². The zero-order valence-corrected chi connectivity index (χ0v) is 18.4. The summed E-state index contributed by atoms with van der Waals surface area (Å²) in [5.74, 6) is -2.11. The number of allylic oxidation sites excluding steroid dienone is 1. The Kier molecular flexibility index (Phi) is 7.09. The van der Waals surface area contributed by atoms with Gasteiger partial charge >= 0.3 is 5.97 Å². The molecule has 3 amide bonds. The van der Waals surface area contributed by atoms with Crippen LogP contribution in [0.1, 0.15) is 55.0 Å². The SMILES string of the molecule is [CH2]C/C=C/[C@@H]1CC(=O)NCc2nc(cs2)C(=O)NC2(CC2)C(=O)N[C@@H](C(C)C)C(=O)O1. The summed E-state index contributed by atoms with van der Waals surface area (Å²) in [6.07, 6.45) is 3.90. The standard InChI is InChI=1S/C21H27N4O5S/c1-4-5-6-13-9-15(26)22-10-16-23-14(11-31-16)18(27)25-21(7-8-21)20(29)24-17(12(2)3)19(28)30-13/h5-6,11-13,17H,1,4,7-10H2,2-3H3,(H,22,26)(H,24,29)(H,25,27)/b6-5+/t13-,17+/m1/s1. The van der Waals surface area contributed by atoms with E-state index in [1.54, 1.807) is 31.4 Å². The Morgan fingerprint density at radius 1 is 1.32 bits per heavy atom. The Hall–Kier alpha value is -2.75. The fraction of sp³-hybridized carbons (Fsp3) is 0.524. The number of carbonyl (C=O) groups is 4. The van der Waals surface area contributed by atoms with Gasteiger partial charge in [0.2, 0.25) is 11.8 Å². The van der Waals surface area contributed by atoms with E-state index in [1.807, 2.05) is 0 Å². The van der Waals surface area contributed by atoms with E-state index < -0.39 is 35.5 Å². The van der Waals surface area contributed by atoms with Gasteiger partial charge in [0, 0.05) is 5.38 Å². The number of rotatable bonds is 3. The predicted molar refractivity (Wildman–Crippen MR) is 114 cm³/mol. The Labute approximate surface area is 185 Å². The molecule has 2 atom stereocenters. The van der Waals surface area contributed by atoms with Crippen LogP contribution in [0.4, 0.5) is 0 Å². The summed E-state index contributed by atoms with van der Waals surface area (Å²) < 4.78 is 5.55. The summed E-state index contributed by atoms with van der Waals surface area (Å²) in [6.45, 7) is 7.44. The van der Waals surface area contributed by atoms with Crippen LogP contribution in [0.3, 0.4) is 0 Å². The number of carbonyl (C=O) groups excluding carboxylic acids is 4. The van der Waals surface area contributed by atoms with Gasteiger partial charge in [0.15, 0.2) is 0 Å². The molecular formula is C21H27N4O5S. The zero-order valence-electron chi connectivity index (χ0n) is 17.6. The number of nitrogens with zero attached hydrogens (tertiary/aromatic N) is 1. The first-order valence-electron chi connectivity index (χ1n) is 10.2. The van der Waals surface area contributed by atoms with Crippen molar-refractivity contribution >= 4 is 35.0 Å². The number of nitrogens with one attached hydrogen (secondary N) is 3. The second-order valence-corrected chi connectivity index (χ2v) is 8.97. The topological polar surface area (TPSA) is 126 Å². The number of thiazole rings is 1. The molecule has 1 aromatic heterocycles. The summed E-state index contributed by atoms with van der Waals surface area (Å²) in [7, 11) is 0. The average molecular weight is 448 g/mol. The van der Waals surface area contributed by atoms with E-state index in [9.17, 15) is 19.2 Å². The summed E-state index contributed by atoms with van der Waals surface area (Å²) >= 11 is 1.24. The first-order valence-corrected chi connectivity index (χ1v) is 11.1. The van der Waals surface area contributed by atoms with Gasteiger partial charge in [0.1, 0.15) is 28.4 Å². The van der Waals surface area contributed by atoms with Crippen LogP contribution >= 0.6 is 11.3 Å². The molecule has 10 heteroatoms. The molecule has 31 heavy (non-hydrogen) atoms. The molecule has 1 saturated carbocycles. The van der Waals surface area contributed by atoms with E-state index in [0.717, 1.165) is 0 Å². The van der Waals surface area contributed by atoms with Crippen LogP contribution in [-0.2, 0) is 25.7 Å². The largest absolute Gasteiger partial charge is 0.456 e. The molecule has 1 spiro atoms. The number of amides is 3. The van der Waals surface area contributed by atoms with Gasteiger partial charge in [-0.25, -0.2) is 9.78 Å². The van der Waals surface area contributed by atoms with E-state index in [-0.39, 0.29) is 30.5 Å². The van der Waals surface area contributed by atoms with Crippen LogP contribution in [0.5, 0.6) is 0 Å². The highest BCUT2D eigenvalue weighted by molar-refractivity contribution is 7.09. The van der Waals surface area contributed by atoms with Crippen LogP contribution < -0.4 is 16.0 Å². The molecule has 0 aromatic carbocycles. The van der Waals surface area contributed by atoms with E-state index in [2.05, 4.69) is 27.9 Å². The molecule has 0 unspecified atom stereocenters. The Morgan fingerprint density at radius 3 is 2.71 bits per heavy atom. The molecule has 2 heterocycles. The van der Waals surface area contributed by atoms with Crippen molar-refractivity contribution in [1.29, 1.82) is 0 Å². The van der Waals surface area contributed by atoms with Crippen molar-refractivity contribution in [2.24, 2.45) is 5.92 Å². The minimum atomic E-state index is -1.05. The number of fused-ring (bicyclic) bond motifs is 2. The fourth-order valence-corrected chi connectivity index (χ4v) is 3.85. The summed E-state index contributed by atoms with van der Waals surface area (Å²) in [5, 5.41) is 10.4. The first kappa shape index (κ1) is 22.9. The van der Waals surface area contributed by atoms with Gasteiger partial charge in [-0.3, -0.25) is 14.4 Å². The van der Waals surface area contributed by atoms with Crippen LogP contribution in [0.15, 0.2) is 17.5 Å². The van der Waals surface area contributed by atoms with Gasteiger partial charge < -0.3 is 20.7 Å². The van der Waals surface area contributed by atoms with Crippen molar-refractivity contribution in [3.05, 3.63) is 35.2 Å². The molecule has 1 aliphatic carbocycles. The maximum Gasteiger partial charge on any atom is 0.329 e. The Bertz CT molecular complexity index is 890. The van der Waals surface area contributed by atoms with Crippen molar-refractivity contribution in [2.75, 3.05) is 0 Å². The van der Waals surface area contributed by atoms with Crippen molar-refractivity contribution in [3.63, 3.8) is 0 Å². The number of hydrogen-bond donors (Lipinski definition) is 3. The van der Waals surface area contributed by atoms with Gasteiger partial charge in [-0.1, -0.05) is 19.9 Å². The van der Waals surface area contributed by atoms with E-state index in [0.29, 0.717) is 24.3 Å². The summed E-state index contributed by atoms with van der Waals surface area (Å²) in [5.41, 5.74) is -0.858. The number of aromatic nitrogens is 1. The lowest BCUT2D eigenvalue weighted by Crippen LogP contribution is -2.55. The quantitative estimate of drug-likeness (QED) is 0.473. The molecule has 9 nitrogen and oxygen atoms in total. The third-order valence-electron chi connectivity index (χ3n) is 5.14. The van der Waals surface area contributed by atoms with Crippen molar-refractivity contribution in [1.82, 2.24) is 20.9 Å². The molecular weight excluding hydrogens is 420 g/mol. The molecule has 2 bridgehead atoms. The van der Waals surface area contributed by atoms with Crippen molar-refractivity contribution < 1.29 is 23.9 Å². The number of hydrogen-bond acceptors (Lipinski definition) is 7. The monoisotopic (exact) mass is 447 g/mol. The van der Waals surface area contributed by atoms with Gasteiger partial charge in [0.05, 0.1) is 13.0 Å². The second-order valence-electron chi connectivity index (χ2n) is 8.03. The maximum atomic E-state index is 12.9. The highest BCUT2D eigenvalue weighted by atomic mass is 32.1. The third kappa shape index (κ3) is 5.69. The van der Waals surface area contributed by atoms with Crippen molar-refractivity contribution in [2.45, 2.75) is 63.8 Å². The predicted octanol–water partition coefficient (Wildman–Crippen LogP) is 1.26. The molecule has 1 radical (unpaired) electrons. The first-order chi connectivity index (χ1) is 14.7. The second kappa shape index (κ2) is 9.59. The number of cyclic esters (lactones) is 1. The number of ether oxygens (including phenoxy) is 1.